The van der Waals surface area contributed by atoms with Gasteiger partial charge in [-0.05, 0) is 46.9 Å². The minimum absolute atomic E-state index is 0.0904. The predicted octanol–water partition coefficient (Wildman–Crippen LogP) is 5.67. The summed E-state index contributed by atoms with van der Waals surface area (Å²) < 4.78 is 17.7. The van der Waals surface area contributed by atoms with Crippen LogP contribution >= 0.6 is 24.0 Å². The molecule has 0 N–H and O–H groups in total. The van der Waals surface area contributed by atoms with E-state index in [1.54, 1.807) is 14.2 Å². The number of hydrogen-bond donors (Lipinski definition) is 0. The Morgan fingerprint density at radius 1 is 1.03 bits per heavy atom. The lowest BCUT2D eigenvalue weighted by Gasteiger charge is -2.19. The minimum atomic E-state index is -0.0904. The van der Waals surface area contributed by atoms with Crippen molar-refractivity contribution in [2.24, 2.45) is 0 Å². The van der Waals surface area contributed by atoms with E-state index in [0.717, 1.165) is 17.7 Å². The number of benzene rings is 2. The van der Waals surface area contributed by atoms with Gasteiger partial charge in [0.25, 0.3) is 5.91 Å². The highest BCUT2D eigenvalue weighted by Crippen LogP contribution is 2.34. The van der Waals surface area contributed by atoms with Crippen LogP contribution in [0.15, 0.2) is 47.4 Å². The average molecular weight is 472 g/mol. The van der Waals surface area contributed by atoms with E-state index in [4.69, 9.17) is 26.4 Å². The van der Waals surface area contributed by atoms with Gasteiger partial charge in [0, 0.05) is 13.5 Å². The zero-order valence-electron chi connectivity index (χ0n) is 19.1. The van der Waals surface area contributed by atoms with Gasteiger partial charge in [0.1, 0.15) is 10.1 Å². The lowest BCUT2D eigenvalue weighted by molar-refractivity contribution is -0.121. The number of methoxy groups -OCH3 is 1. The standard InChI is InChI=1S/C25H29NO4S2/c1-25(2,3)18-8-10-19(11-9-18)29-13-6-14-30-20-12-7-17(15-21(20)28-5)16-22-23(27)26(4)24(31)32-22/h7-12,15-16H,6,13-14H2,1-5H3/b22-16-. The summed E-state index contributed by atoms with van der Waals surface area (Å²) in [5, 5.41) is 0. The second-order valence-electron chi connectivity index (χ2n) is 8.48. The van der Waals surface area contributed by atoms with Crippen molar-refractivity contribution in [3.05, 3.63) is 58.5 Å². The van der Waals surface area contributed by atoms with E-state index in [-0.39, 0.29) is 11.3 Å². The molecule has 170 valence electrons. The van der Waals surface area contributed by atoms with Gasteiger partial charge in [-0.3, -0.25) is 9.69 Å². The fourth-order valence-electron chi connectivity index (χ4n) is 3.07. The summed E-state index contributed by atoms with van der Waals surface area (Å²) in [4.78, 5) is 14.3. The number of amides is 1. The fourth-order valence-corrected chi connectivity index (χ4v) is 4.25. The van der Waals surface area contributed by atoms with Crippen LogP contribution in [0.1, 0.15) is 38.3 Å². The SMILES string of the molecule is COc1cc(/C=C2\SC(=S)N(C)C2=O)ccc1OCCCOc1ccc(C(C)(C)C)cc1. The molecule has 0 atom stereocenters. The summed E-state index contributed by atoms with van der Waals surface area (Å²) in [6.07, 6.45) is 2.55. The van der Waals surface area contributed by atoms with Crippen molar-refractivity contribution in [1.82, 2.24) is 4.90 Å². The summed E-state index contributed by atoms with van der Waals surface area (Å²) in [6, 6.07) is 13.8. The van der Waals surface area contributed by atoms with Crippen molar-refractivity contribution in [1.29, 1.82) is 0 Å². The molecule has 1 saturated heterocycles. The Kier molecular flexibility index (Phi) is 7.85. The van der Waals surface area contributed by atoms with Crippen LogP contribution < -0.4 is 14.2 Å². The molecule has 0 bridgehead atoms. The summed E-state index contributed by atoms with van der Waals surface area (Å²) in [5.41, 5.74) is 2.27. The first kappa shape index (κ1) is 24.1. The highest BCUT2D eigenvalue weighted by molar-refractivity contribution is 8.26. The summed E-state index contributed by atoms with van der Waals surface area (Å²) in [6.45, 7) is 7.65. The Hall–Kier alpha value is -2.51. The topological polar surface area (TPSA) is 48.0 Å². The van der Waals surface area contributed by atoms with Gasteiger partial charge in [0.15, 0.2) is 11.5 Å². The summed E-state index contributed by atoms with van der Waals surface area (Å²) in [5.74, 6) is 2.04. The molecule has 0 aliphatic carbocycles. The first-order chi connectivity index (χ1) is 15.2. The molecule has 32 heavy (non-hydrogen) atoms. The normalized spacial score (nSPS) is 15.4. The van der Waals surface area contributed by atoms with E-state index in [1.165, 1.54) is 22.2 Å². The number of thioether (sulfide) groups is 1. The highest BCUT2D eigenvalue weighted by Gasteiger charge is 2.28. The number of thiocarbonyl (C=S) groups is 1. The maximum atomic E-state index is 12.2. The van der Waals surface area contributed by atoms with Crippen molar-refractivity contribution < 1.29 is 19.0 Å². The van der Waals surface area contributed by atoms with Crippen LogP contribution in [0.2, 0.25) is 0 Å². The van der Waals surface area contributed by atoms with Crippen molar-refractivity contribution in [2.45, 2.75) is 32.6 Å². The Bertz CT molecular complexity index is 1010. The van der Waals surface area contributed by atoms with Crippen LogP contribution in [-0.4, -0.2) is 42.5 Å². The highest BCUT2D eigenvalue weighted by atomic mass is 32.2. The molecule has 0 unspecified atom stereocenters. The molecule has 2 aromatic carbocycles. The Balaban J connectivity index is 1.51. The van der Waals surface area contributed by atoms with Gasteiger partial charge >= 0.3 is 0 Å². The molecule has 1 heterocycles. The number of rotatable bonds is 8. The lowest BCUT2D eigenvalue weighted by atomic mass is 9.87. The van der Waals surface area contributed by atoms with Gasteiger partial charge in [-0.1, -0.05) is 63.0 Å². The number of hydrogen-bond acceptors (Lipinski definition) is 6. The van der Waals surface area contributed by atoms with Crippen LogP contribution in [-0.2, 0) is 10.2 Å². The third-order valence-corrected chi connectivity index (χ3v) is 6.49. The van der Waals surface area contributed by atoms with Crippen LogP contribution in [0.4, 0.5) is 0 Å². The smallest absolute Gasteiger partial charge is 0.265 e. The van der Waals surface area contributed by atoms with Gasteiger partial charge in [-0.2, -0.15) is 0 Å². The number of ether oxygens (including phenoxy) is 3. The van der Waals surface area contributed by atoms with E-state index >= 15 is 0 Å². The number of nitrogens with zero attached hydrogens (tertiary/aromatic N) is 1. The first-order valence-corrected chi connectivity index (χ1v) is 11.7. The molecule has 1 aliphatic rings. The second kappa shape index (κ2) is 10.4. The summed E-state index contributed by atoms with van der Waals surface area (Å²) in [7, 11) is 3.28. The van der Waals surface area contributed by atoms with Crippen LogP contribution in [0.3, 0.4) is 0 Å². The zero-order valence-corrected chi connectivity index (χ0v) is 20.8. The Labute approximate surface area is 199 Å². The molecule has 1 amide bonds. The van der Waals surface area contributed by atoms with E-state index < -0.39 is 0 Å². The van der Waals surface area contributed by atoms with Crippen molar-refractivity contribution in [3.63, 3.8) is 0 Å². The summed E-state index contributed by atoms with van der Waals surface area (Å²) >= 11 is 6.47. The molecule has 0 aromatic heterocycles. The van der Waals surface area contributed by atoms with Gasteiger partial charge in [0.2, 0.25) is 0 Å². The average Bonchev–Trinajstić information content (AvgIpc) is 3.00. The molecular weight excluding hydrogens is 442 g/mol. The number of carbonyl (C=O) groups excluding carboxylic acids is 1. The lowest BCUT2D eigenvalue weighted by Crippen LogP contribution is -2.22. The third kappa shape index (κ3) is 6.04. The Morgan fingerprint density at radius 3 is 2.31 bits per heavy atom. The van der Waals surface area contributed by atoms with Gasteiger partial charge < -0.3 is 14.2 Å². The maximum absolute atomic E-state index is 12.2. The molecule has 0 saturated carbocycles. The number of carbonyl (C=O) groups is 1. The molecule has 2 aromatic rings. The third-order valence-electron chi connectivity index (χ3n) is 5.01. The van der Waals surface area contributed by atoms with E-state index in [9.17, 15) is 4.79 Å². The predicted molar refractivity (Wildman–Crippen MR) is 135 cm³/mol. The molecule has 0 spiro atoms. The molecule has 1 aliphatic heterocycles. The van der Waals surface area contributed by atoms with Crippen molar-refractivity contribution >= 4 is 40.3 Å². The van der Waals surface area contributed by atoms with E-state index in [2.05, 4.69) is 32.9 Å². The van der Waals surface area contributed by atoms with Crippen molar-refractivity contribution in [2.75, 3.05) is 27.4 Å². The molecule has 7 heteroatoms. The van der Waals surface area contributed by atoms with Gasteiger partial charge in [-0.15, -0.1) is 0 Å². The largest absolute Gasteiger partial charge is 0.493 e. The van der Waals surface area contributed by atoms with Gasteiger partial charge in [-0.25, -0.2) is 0 Å². The Morgan fingerprint density at radius 2 is 1.72 bits per heavy atom. The van der Waals surface area contributed by atoms with Crippen LogP contribution in [0, 0.1) is 0 Å². The van der Waals surface area contributed by atoms with Gasteiger partial charge in [0.05, 0.1) is 25.2 Å². The number of likely N-dealkylation sites (N-methyl/N-ethyl adjacent to an activating group) is 1. The van der Waals surface area contributed by atoms with E-state index in [0.29, 0.717) is 33.9 Å². The van der Waals surface area contributed by atoms with Crippen molar-refractivity contribution in [3.8, 4) is 17.2 Å². The quantitative estimate of drug-likeness (QED) is 0.281. The van der Waals surface area contributed by atoms with E-state index in [1.807, 2.05) is 36.4 Å². The molecular formula is C25H29NO4S2. The van der Waals surface area contributed by atoms with Crippen LogP contribution in [0.5, 0.6) is 17.2 Å². The fraction of sp³-hybridized carbons (Fsp3) is 0.360. The second-order valence-corrected chi connectivity index (χ2v) is 10.2. The molecule has 5 nitrogen and oxygen atoms in total. The monoisotopic (exact) mass is 471 g/mol. The molecule has 1 fully saturated rings. The zero-order chi connectivity index (χ0) is 23.3. The first-order valence-electron chi connectivity index (χ1n) is 10.4. The van der Waals surface area contributed by atoms with Crippen LogP contribution in [0.25, 0.3) is 6.08 Å². The molecule has 3 rings (SSSR count). The molecule has 0 radical (unpaired) electrons. The minimum Gasteiger partial charge on any atom is -0.493 e. The maximum Gasteiger partial charge on any atom is 0.265 e.